The molecule has 0 N–H and O–H groups in total. The highest BCUT2D eigenvalue weighted by Crippen LogP contribution is 2.28. The molecule has 0 spiro atoms. The molecular formula is C12H10Cl2O2. The van der Waals surface area contributed by atoms with Crippen molar-refractivity contribution in [1.82, 2.24) is 0 Å². The third-order valence-electron chi connectivity index (χ3n) is 2.36. The highest BCUT2D eigenvalue weighted by molar-refractivity contribution is 6.44. The van der Waals surface area contributed by atoms with Crippen LogP contribution in [0.3, 0.4) is 0 Å². The lowest BCUT2D eigenvalue weighted by Crippen LogP contribution is -2.11. The molecule has 1 aromatic rings. The Morgan fingerprint density at radius 2 is 2.12 bits per heavy atom. The van der Waals surface area contributed by atoms with Crippen LogP contribution < -0.4 is 0 Å². The van der Waals surface area contributed by atoms with E-state index in [9.17, 15) is 4.79 Å². The Hall–Kier alpha value is -0.990. The van der Waals surface area contributed by atoms with Crippen LogP contribution in [-0.4, -0.2) is 12.4 Å². The zero-order chi connectivity index (χ0) is 11.5. The molecule has 0 amide bonds. The van der Waals surface area contributed by atoms with Crippen LogP contribution >= 0.6 is 23.2 Å². The van der Waals surface area contributed by atoms with Gasteiger partial charge in [0.2, 0.25) is 5.78 Å². The second-order valence-electron chi connectivity index (χ2n) is 3.49. The summed E-state index contributed by atoms with van der Waals surface area (Å²) in [7, 11) is 0. The molecule has 1 aliphatic heterocycles. The van der Waals surface area contributed by atoms with Gasteiger partial charge in [0.1, 0.15) is 0 Å². The molecule has 0 radical (unpaired) electrons. The molecular weight excluding hydrogens is 247 g/mol. The van der Waals surface area contributed by atoms with E-state index in [-0.39, 0.29) is 10.8 Å². The lowest BCUT2D eigenvalue weighted by atomic mass is 10.1. The maximum Gasteiger partial charge on any atom is 0.228 e. The van der Waals surface area contributed by atoms with E-state index in [0.717, 1.165) is 12.8 Å². The zero-order valence-corrected chi connectivity index (χ0v) is 10.0. The number of allylic oxidation sites excluding steroid dienone is 2. The number of Topliss-reactive ketones (excluding diaryl/α,β-unsaturated/α-hetero) is 1. The molecule has 16 heavy (non-hydrogen) atoms. The molecule has 84 valence electrons. The predicted octanol–water partition coefficient (Wildman–Crippen LogP) is 3.87. The first kappa shape index (κ1) is 11.5. The molecule has 2 nitrogen and oxygen atoms in total. The normalized spacial score (nSPS) is 15.2. The van der Waals surface area contributed by atoms with E-state index < -0.39 is 0 Å². The van der Waals surface area contributed by atoms with Crippen molar-refractivity contribution in [2.45, 2.75) is 12.8 Å². The van der Waals surface area contributed by atoms with Crippen LogP contribution in [0.15, 0.2) is 30.0 Å². The molecule has 1 heterocycles. The van der Waals surface area contributed by atoms with E-state index in [1.807, 2.05) is 0 Å². The van der Waals surface area contributed by atoms with E-state index in [1.54, 1.807) is 24.3 Å². The minimum atomic E-state index is -0.202. The summed E-state index contributed by atoms with van der Waals surface area (Å²) in [6, 6.07) is 5.00. The molecule has 0 saturated carbocycles. The Morgan fingerprint density at radius 1 is 1.31 bits per heavy atom. The van der Waals surface area contributed by atoms with Gasteiger partial charge in [-0.2, -0.15) is 0 Å². The highest BCUT2D eigenvalue weighted by atomic mass is 35.5. The predicted molar refractivity (Wildman–Crippen MR) is 64.1 cm³/mol. The lowest BCUT2D eigenvalue weighted by Gasteiger charge is -2.14. The van der Waals surface area contributed by atoms with Crippen molar-refractivity contribution >= 4 is 29.0 Å². The van der Waals surface area contributed by atoms with E-state index in [4.69, 9.17) is 27.9 Å². The van der Waals surface area contributed by atoms with Gasteiger partial charge in [0.25, 0.3) is 0 Å². The minimum Gasteiger partial charge on any atom is -0.490 e. The summed E-state index contributed by atoms with van der Waals surface area (Å²) in [4.78, 5) is 12.0. The fourth-order valence-electron chi connectivity index (χ4n) is 1.53. The summed E-state index contributed by atoms with van der Waals surface area (Å²) in [5.41, 5.74) is 0.391. The van der Waals surface area contributed by atoms with E-state index in [2.05, 4.69) is 0 Å². The maximum absolute atomic E-state index is 12.0. The van der Waals surface area contributed by atoms with Crippen LogP contribution in [0.5, 0.6) is 0 Å². The third kappa shape index (κ3) is 2.23. The topological polar surface area (TPSA) is 26.3 Å². The number of ether oxygens (including phenoxy) is 1. The SMILES string of the molecule is O=C(C1=CCCCO1)c1cccc(Cl)c1Cl. The second-order valence-corrected chi connectivity index (χ2v) is 4.27. The number of hydrogen-bond acceptors (Lipinski definition) is 2. The minimum absolute atomic E-state index is 0.202. The lowest BCUT2D eigenvalue weighted by molar-refractivity contribution is 0.0899. The van der Waals surface area contributed by atoms with Gasteiger partial charge in [-0.15, -0.1) is 0 Å². The zero-order valence-electron chi connectivity index (χ0n) is 8.50. The summed E-state index contributed by atoms with van der Waals surface area (Å²) in [6.07, 6.45) is 3.60. The van der Waals surface area contributed by atoms with Crippen LogP contribution in [-0.2, 0) is 4.74 Å². The number of benzene rings is 1. The number of carbonyl (C=O) groups excluding carboxylic acids is 1. The number of halogens is 2. The fraction of sp³-hybridized carbons (Fsp3) is 0.250. The molecule has 0 atom stereocenters. The summed E-state index contributed by atoms with van der Waals surface area (Å²) in [5, 5.41) is 0.660. The van der Waals surface area contributed by atoms with Crippen LogP contribution in [0, 0.1) is 0 Å². The molecule has 2 rings (SSSR count). The molecule has 0 aliphatic carbocycles. The largest absolute Gasteiger partial charge is 0.490 e. The average molecular weight is 257 g/mol. The molecule has 0 aromatic heterocycles. The van der Waals surface area contributed by atoms with Crippen molar-refractivity contribution in [3.05, 3.63) is 45.6 Å². The Bertz CT molecular complexity index is 452. The van der Waals surface area contributed by atoms with Gasteiger partial charge in [0.05, 0.1) is 16.7 Å². The first-order valence-corrected chi connectivity index (χ1v) is 5.77. The van der Waals surface area contributed by atoms with Crippen LogP contribution in [0.1, 0.15) is 23.2 Å². The summed E-state index contributed by atoms with van der Waals surface area (Å²) in [5.74, 6) is 0.169. The van der Waals surface area contributed by atoms with Gasteiger partial charge < -0.3 is 4.74 Å². The Morgan fingerprint density at radius 3 is 2.81 bits per heavy atom. The van der Waals surface area contributed by atoms with Crippen molar-refractivity contribution in [3.63, 3.8) is 0 Å². The van der Waals surface area contributed by atoms with Crippen LogP contribution in [0.2, 0.25) is 10.0 Å². The first-order valence-electron chi connectivity index (χ1n) is 5.02. The number of ketones is 1. The Labute approximate surface area is 104 Å². The summed E-state index contributed by atoms with van der Waals surface area (Å²) >= 11 is 11.8. The molecule has 1 aliphatic rings. The van der Waals surface area contributed by atoms with E-state index >= 15 is 0 Å². The van der Waals surface area contributed by atoms with E-state index in [0.29, 0.717) is 23.0 Å². The van der Waals surface area contributed by atoms with Crippen molar-refractivity contribution in [2.24, 2.45) is 0 Å². The maximum atomic E-state index is 12.0. The molecule has 0 fully saturated rings. The molecule has 0 bridgehead atoms. The third-order valence-corrected chi connectivity index (χ3v) is 3.17. The van der Waals surface area contributed by atoms with Crippen LogP contribution in [0.25, 0.3) is 0 Å². The van der Waals surface area contributed by atoms with Gasteiger partial charge in [-0.05, 0) is 31.1 Å². The Balaban J connectivity index is 2.33. The quantitative estimate of drug-likeness (QED) is 0.751. The fourth-order valence-corrected chi connectivity index (χ4v) is 1.91. The van der Waals surface area contributed by atoms with Gasteiger partial charge in [-0.25, -0.2) is 0 Å². The first-order chi connectivity index (χ1) is 7.70. The van der Waals surface area contributed by atoms with Gasteiger partial charge in [0.15, 0.2) is 5.76 Å². The smallest absolute Gasteiger partial charge is 0.228 e. The number of carbonyl (C=O) groups is 1. The van der Waals surface area contributed by atoms with E-state index in [1.165, 1.54) is 0 Å². The number of hydrogen-bond donors (Lipinski definition) is 0. The average Bonchev–Trinajstić information content (AvgIpc) is 2.33. The van der Waals surface area contributed by atoms with Gasteiger partial charge in [0, 0.05) is 5.56 Å². The second kappa shape index (κ2) is 4.89. The van der Waals surface area contributed by atoms with Crippen molar-refractivity contribution < 1.29 is 9.53 Å². The molecule has 0 saturated heterocycles. The molecule has 1 aromatic carbocycles. The summed E-state index contributed by atoms with van der Waals surface area (Å²) in [6.45, 7) is 0.579. The van der Waals surface area contributed by atoms with Crippen LogP contribution in [0.4, 0.5) is 0 Å². The highest BCUT2D eigenvalue weighted by Gasteiger charge is 2.19. The molecule has 4 heteroatoms. The summed E-state index contributed by atoms with van der Waals surface area (Å²) < 4.78 is 5.30. The van der Waals surface area contributed by atoms with Gasteiger partial charge >= 0.3 is 0 Å². The molecule has 0 unspecified atom stereocenters. The standard InChI is InChI=1S/C12H10Cl2O2/c13-9-5-3-4-8(11(9)14)12(15)10-6-1-2-7-16-10/h3-6H,1-2,7H2. The van der Waals surface area contributed by atoms with Crippen molar-refractivity contribution in [2.75, 3.05) is 6.61 Å². The van der Waals surface area contributed by atoms with Crippen molar-refractivity contribution in [3.8, 4) is 0 Å². The Kier molecular flexibility index (Phi) is 3.52. The van der Waals surface area contributed by atoms with Crippen molar-refractivity contribution in [1.29, 1.82) is 0 Å². The number of rotatable bonds is 2. The van der Waals surface area contributed by atoms with Gasteiger partial charge in [-0.3, -0.25) is 4.79 Å². The van der Waals surface area contributed by atoms with Gasteiger partial charge in [-0.1, -0.05) is 29.3 Å². The monoisotopic (exact) mass is 256 g/mol.